The van der Waals surface area contributed by atoms with E-state index in [-0.39, 0.29) is 0 Å². The van der Waals surface area contributed by atoms with Crippen molar-refractivity contribution in [2.45, 2.75) is 0 Å². The van der Waals surface area contributed by atoms with Crippen LogP contribution < -0.4 is 9.47 Å². The summed E-state index contributed by atoms with van der Waals surface area (Å²) in [6, 6.07) is 15.3. The summed E-state index contributed by atoms with van der Waals surface area (Å²) in [4.78, 5) is 1.60. The number of benzene rings is 2. The van der Waals surface area contributed by atoms with Crippen LogP contribution in [0.3, 0.4) is 0 Å². The third-order valence-corrected chi connectivity index (χ3v) is 3.18. The Kier molecular flexibility index (Phi) is 3.55. The summed E-state index contributed by atoms with van der Waals surface area (Å²) in [5.41, 5.74) is 2.69. The van der Waals surface area contributed by atoms with Gasteiger partial charge < -0.3 is 9.47 Å². The summed E-state index contributed by atoms with van der Waals surface area (Å²) < 4.78 is 10.3. The maximum atomic E-state index is 5.15. The third-order valence-electron chi connectivity index (χ3n) is 3.18. The molecule has 3 aromatic rings. The van der Waals surface area contributed by atoms with Crippen molar-refractivity contribution in [1.82, 2.24) is 15.0 Å². The lowest BCUT2D eigenvalue weighted by Gasteiger charge is -2.02. The molecule has 0 spiro atoms. The predicted molar refractivity (Wildman–Crippen MR) is 79.9 cm³/mol. The molecule has 3 rings (SSSR count). The number of ether oxygens (including phenoxy) is 2. The Hall–Kier alpha value is -2.82. The highest BCUT2D eigenvalue weighted by atomic mass is 16.5. The zero-order chi connectivity index (χ0) is 14.7. The van der Waals surface area contributed by atoms with Crippen molar-refractivity contribution in [3.05, 3.63) is 54.7 Å². The Balaban J connectivity index is 1.87. The van der Waals surface area contributed by atoms with Gasteiger partial charge in [-0.2, -0.15) is 9.90 Å². The molecule has 0 aliphatic heterocycles. The van der Waals surface area contributed by atoms with E-state index in [0.29, 0.717) is 0 Å². The maximum absolute atomic E-state index is 5.15. The summed E-state index contributed by atoms with van der Waals surface area (Å²) in [6.45, 7) is 0. The highest BCUT2D eigenvalue weighted by Gasteiger charge is 2.05. The number of aromatic nitrogens is 3. The number of methoxy groups -OCH3 is 2. The molecule has 0 unspecified atom stereocenters. The molecule has 5 heteroatoms. The lowest BCUT2D eigenvalue weighted by atomic mass is 10.2. The normalized spacial score (nSPS) is 10.4. The van der Waals surface area contributed by atoms with Gasteiger partial charge in [0.15, 0.2) is 0 Å². The topological polar surface area (TPSA) is 49.2 Å². The minimum Gasteiger partial charge on any atom is -0.497 e. The predicted octanol–water partition coefficient (Wildman–Crippen LogP) is 2.95. The van der Waals surface area contributed by atoms with Crippen molar-refractivity contribution in [1.29, 1.82) is 0 Å². The van der Waals surface area contributed by atoms with E-state index in [1.54, 1.807) is 25.2 Å². The van der Waals surface area contributed by atoms with E-state index in [4.69, 9.17) is 9.47 Å². The summed E-state index contributed by atoms with van der Waals surface area (Å²) in [6.07, 6.45) is 1.74. The van der Waals surface area contributed by atoms with E-state index < -0.39 is 0 Å². The Morgan fingerprint density at radius 2 is 1.38 bits per heavy atom. The van der Waals surface area contributed by atoms with E-state index in [1.165, 1.54) is 0 Å². The first-order chi connectivity index (χ1) is 10.3. The van der Waals surface area contributed by atoms with Crippen LogP contribution in [0.4, 0.5) is 0 Å². The molecule has 1 aromatic heterocycles. The van der Waals surface area contributed by atoms with Crippen LogP contribution in [-0.2, 0) is 0 Å². The molecule has 0 bridgehead atoms. The summed E-state index contributed by atoms with van der Waals surface area (Å²) in [7, 11) is 3.29. The van der Waals surface area contributed by atoms with Gasteiger partial charge in [0, 0.05) is 5.56 Å². The molecule has 106 valence electrons. The molecule has 0 radical (unpaired) electrons. The summed E-state index contributed by atoms with van der Waals surface area (Å²) in [5, 5.41) is 8.78. The van der Waals surface area contributed by atoms with Crippen LogP contribution in [0.5, 0.6) is 11.5 Å². The molecule has 0 saturated heterocycles. The molecule has 0 aliphatic carbocycles. The van der Waals surface area contributed by atoms with E-state index in [9.17, 15) is 0 Å². The van der Waals surface area contributed by atoms with Crippen molar-refractivity contribution < 1.29 is 9.47 Å². The van der Waals surface area contributed by atoms with Gasteiger partial charge in [-0.05, 0) is 48.5 Å². The maximum Gasteiger partial charge on any atom is 0.119 e. The van der Waals surface area contributed by atoms with Gasteiger partial charge in [0.05, 0.1) is 26.1 Å². The van der Waals surface area contributed by atoms with Gasteiger partial charge in [0.25, 0.3) is 0 Å². The molecule has 0 N–H and O–H groups in total. The molecule has 21 heavy (non-hydrogen) atoms. The van der Waals surface area contributed by atoms with Crippen molar-refractivity contribution in [2.24, 2.45) is 0 Å². The quantitative estimate of drug-likeness (QED) is 0.737. The van der Waals surface area contributed by atoms with Crippen LogP contribution in [0.15, 0.2) is 54.7 Å². The molecule has 0 amide bonds. The monoisotopic (exact) mass is 281 g/mol. The minimum absolute atomic E-state index is 0.807. The van der Waals surface area contributed by atoms with Crippen LogP contribution in [-0.4, -0.2) is 29.2 Å². The molecular formula is C16H15N3O2. The fourth-order valence-electron chi connectivity index (χ4n) is 2.00. The lowest BCUT2D eigenvalue weighted by molar-refractivity contribution is 0.414. The second-order valence-corrected chi connectivity index (χ2v) is 4.45. The average molecular weight is 281 g/mol. The van der Waals surface area contributed by atoms with Crippen molar-refractivity contribution in [3.8, 4) is 28.4 Å². The highest BCUT2D eigenvalue weighted by molar-refractivity contribution is 5.59. The van der Waals surface area contributed by atoms with Gasteiger partial charge in [-0.3, -0.25) is 0 Å². The van der Waals surface area contributed by atoms with Crippen LogP contribution in [0.1, 0.15) is 0 Å². The Morgan fingerprint density at radius 3 is 1.95 bits per heavy atom. The fourth-order valence-corrected chi connectivity index (χ4v) is 2.00. The number of hydrogen-bond donors (Lipinski definition) is 0. The smallest absolute Gasteiger partial charge is 0.119 e. The Morgan fingerprint density at radius 1 is 0.810 bits per heavy atom. The second-order valence-electron chi connectivity index (χ2n) is 4.45. The highest BCUT2D eigenvalue weighted by Crippen LogP contribution is 2.21. The van der Waals surface area contributed by atoms with Gasteiger partial charge in [-0.25, -0.2) is 0 Å². The second kappa shape index (κ2) is 5.66. The van der Waals surface area contributed by atoms with Gasteiger partial charge >= 0.3 is 0 Å². The molecular weight excluding hydrogens is 266 g/mol. The first kappa shape index (κ1) is 13.2. The zero-order valence-electron chi connectivity index (χ0n) is 11.9. The van der Waals surface area contributed by atoms with E-state index in [0.717, 1.165) is 28.4 Å². The molecule has 0 atom stereocenters. The van der Waals surface area contributed by atoms with Gasteiger partial charge in [-0.15, -0.1) is 5.10 Å². The Labute approximate surface area is 122 Å². The minimum atomic E-state index is 0.807. The summed E-state index contributed by atoms with van der Waals surface area (Å²) >= 11 is 0. The number of rotatable bonds is 4. The SMILES string of the molecule is COc1ccc(-c2cnn(-c3ccc(OC)cc3)n2)cc1. The van der Waals surface area contributed by atoms with E-state index in [2.05, 4.69) is 10.2 Å². The fraction of sp³-hybridized carbons (Fsp3) is 0.125. The molecule has 2 aromatic carbocycles. The van der Waals surface area contributed by atoms with E-state index in [1.807, 2.05) is 48.5 Å². The van der Waals surface area contributed by atoms with Crippen LogP contribution in [0.2, 0.25) is 0 Å². The molecule has 1 heterocycles. The van der Waals surface area contributed by atoms with Crippen LogP contribution in [0.25, 0.3) is 16.9 Å². The van der Waals surface area contributed by atoms with Gasteiger partial charge in [-0.1, -0.05) is 0 Å². The third kappa shape index (κ3) is 2.72. The van der Waals surface area contributed by atoms with Crippen LogP contribution in [0, 0.1) is 0 Å². The molecule has 0 aliphatic rings. The Bertz CT molecular complexity index is 656. The average Bonchev–Trinajstić information content (AvgIpc) is 3.05. The molecule has 5 nitrogen and oxygen atoms in total. The zero-order valence-corrected chi connectivity index (χ0v) is 11.9. The van der Waals surface area contributed by atoms with Gasteiger partial charge in [0.1, 0.15) is 17.2 Å². The largest absolute Gasteiger partial charge is 0.497 e. The first-order valence-corrected chi connectivity index (χ1v) is 6.51. The molecule has 0 fully saturated rings. The number of nitrogens with zero attached hydrogens (tertiary/aromatic N) is 3. The van der Waals surface area contributed by atoms with E-state index >= 15 is 0 Å². The molecule has 0 saturated carbocycles. The van der Waals surface area contributed by atoms with Crippen molar-refractivity contribution in [3.63, 3.8) is 0 Å². The van der Waals surface area contributed by atoms with Gasteiger partial charge in [0.2, 0.25) is 0 Å². The number of hydrogen-bond acceptors (Lipinski definition) is 4. The summed E-state index contributed by atoms with van der Waals surface area (Å²) in [5.74, 6) is 1.63. The van der Waals surface area contributed by atoms with Crippen LogP contribution >= 0.6 is 0 Å². The first-order valence-electron chi connectivity index (χ1n) is 6.51. The lowest BCUT2D eigenvalue weighted by Crippen LogP contribution is -1.98. The van der Waals surface area contributed by atoms with Crippen molar-refractivity contribution >= 4 is 0 Å². The van der Waals surface area contributed by atoms with Crippen molar-refractivity contribution in [2.75, 3.05) is 14.2 Å². The standard InChI is InChI=1S/C16H15N3O2/c1-20-14-7-3-12(4-8-14)16-11-17-19(18-16)13-5-9-15(21-2)10-6-13/h3-11H,1-2H3.